The summed E-state index contributed by atoms with van der Waals surface area (Å²) in [6.07, 6.45) is 7.91. The van der Waals surface area contributed by atoms with E-state index in [0.29, 0.717) is 6.04 Å². The zero-order chi connectivity index (χ0) is 10.7. The van der Waals surface area contributed by atoms with Gasteiger partial charge in [-0.1, -0.05) is 19.3 Å². The third kappa shape index (κ3) is 2.46. The monoisotopic (exact) mass is 208 g/mol. The Morgan fingerprint density at radius 3 is 2.73 bits per heavy atom. The molecule has 1 aromatic heterocycles. The second kappa shape index (κ2) is 4.60. The number of hydrogen-bond acceptors (Lipinski definition) is 2. The molecule has 1 aliphatic rings. The van der Waals surface area contributed by atoms with Crippen LogP contribution in [0.5, 0.6) is 0 Å². The van der Waals surface area contributed by atoms with E-state index in [2.05, 4.69) is 9.88 Å². The second-order valence-electron chi connectivity index (χ2n) is 4.24. The summed E-state index contributed by atoms with van der Waals surface area (Å²) in [5.41, 5.74) is 0.939. The molecule has 0 amide bonds. The maximum atomic E-state index is 13.0. The summed E-state index contributed by atoms with van der Waals surface area (Å²) in [4.78, 5) is 5.76. The van der Waals surface area contributed by atoms with Crippen molar-refractivity contribution in [1.82, 2.24) is 4.98 Å². The first-order valence-corrected chi connectivity index (χ1v) is 5.62. The molecule has 1 fully saturated rings. The van der Waals surface area contributed by atoms with Crippen LogP contribution in [-0.2, 0) is 0 Å². The lowest BCUT2D eigenvalue weighted by Gasteiger charge is -2.32. The molecule has 0 radical (unpaired) electrons. The van der Waals surface area contributed by atoms with E-state index in [0.717, 1.165) is 5.69 Å². The molecule has 1 aliphatic carbocycles. The molecule has 0 aromatic carbocycles. The average Bonchev–Trinajstić information content (AvgIpc) is 2.29. The summed E-state index contributed by atoms with van der Waals surface area (Å²) in [6.45, 7) is 0. The quantitative estimate of drug-likeness (QED) is 0.694. The molecule has 0 aliphatic heterocycles. The SMILES string of the molecule is CN(c1ccnc(F)c1)C1CCCCC1. The molecule has 1 aromatic rings. The molecule has 0 saturated heterocycles. The minimum absolute atomic E-state index is 0.393. The van der Waals surface area contributed by atoms with Crippen molar-refractivity contribution >= 4 is 5.69 Å². The van der Waals surface area contributed by atoms with Gasteiger partial charge < -0.3 is 4.90 Å². The van der Waals surface area contributed by atoms with E-state index in [4.69, 9.17) is 0 Å². The van der Waals surface area contributed by atoms with Gasteiger partial charge in [-0.25, -0.2) is 4.98 Å². The van der Waals surface area contributed by atoms with Crippen LogP contribution >= 0.6 is 0 Å². The summed E-state index contributed by atoms with van der Waals surface area (Å²) < 4.78 is 13.0. The summed E-state index contributed by atoms with van der Waals surface area (Å²) in [7, 11) is 2.05. The van der Waals surface area contributed by atoms with Crippen LogP contribution in [-0.4, -0.2) is 18.1 Å². The van der Waals surface area contributed by atoms with Crippen molar-refractivity contribution in [1.29, 1.82) is 0 Å². The van der Waals surface area contributed by atoms with Crippen molar-refractivity contribution in [2.45, 2.75) is 38.1 Å². The zero-order valence-corrected chi connectivity index (χ0v) is 9.12. The number of hydrogen-bond donors (Lipinski definition) is 0. The first kappa shape index (κ1) is 10.4. The fourth-order valence-corrected chi connectivity index (χ4v) is 2.29. The molecule has 0 spiro atoms. The molecular weight excluding hydrogens is 191 g/mol. The minimum Gasteiger partial charge on any atom is -0.371 e. The van der Waals surface area contributed by atoms with Gasteiger partial charge in [-0.05, 0) is 18.9 Å². The van der Waals surface area contributed by atoms with Gasteiger partial charge in [-0.15, -0.1) is 0 Å². The largest absolute Gasteiger partial charge is 0.371 e. The first-order valence-electron chi connectivity index (χ1n) is 5.62. The molecule has 0 N–H and O–H groups in total. The van der Waals surface area contributed by atoms with Crippen molar-refractivity contribution in [3.8, 4) is 0 Å². The molecule has 1 heterocycles. The molecule has 0 bridgehead atoms. The second-order valence-corrected chi connectivity index (χ2v) is 4.24. The maximum absolute atomic E-state index is 13.0. The van der Waals surface area contributed by atoms with Crippen molar-refractivity contribution < 1.29 is 4.39 Å². The van der Waals surface area contributed by atoms with Crippen molar-refractivity contribution in [2.24, 2.45) is 0 Å². The summed E-state index contributed by atoms with van der Waals surface area (Å²) in [5, 5.41) is 0. The summed E-state index contributed by atoms with van der Waals surface area (Å²) in [5.74, 6) is -0.393. The molecule has 0 atom stereocenters. The van der Waals surface area contributed by atoms with Gasteiger partial charge in [-0.2, -0.15) is 4.39 Å². The van der Waals surface area contributed by atoms with E-state index in [1.807, 2.05) is 13.1 Å². The molecule has 15 heavy (non-hydrogen) atoms. The van der Waals surface area contributed by atoms with E-state index in [9.17, 15) is 4.39 Å². The fourth-order valence-electron chi connectivity index (χ4n) is 2.29. The van der Waals surface area contributed by atoms with E-state index in [1.54, 1.807) is 0 Å². The number of aromatic nitrogens is 1. The molecular formula is C12H17FN2. The highest BCUT2D eigenvalue weighted by Gasteiger charge is 2.18. The van der Waals surface area contributed by atoms with Gasteiger partial charge in [-0.3, -0.25) is 0 Å². The van der Waals surface area contributed by atoms with Gasteiger partial charge in [0.1, 0.15) is 0 Å². The van der Waals surface area contributed by atoms with Crippen molar-refractivity contribution in [2.75, 3.05) is 11.9 Å². The van der Waals surface area contributed by atoms with Crippen LogP contribution in [0.2, 0.25) is 0 Å². The van der Waals surface area contributed by atoms with Crippen LogP contribution in [0, 0.1) is 5.95 Å². The number of halogens is 1. The maximum Gasteiger partial charge on any atom is 0.214 e. The van der Waals surface area contributed by atoms with Crippen LogP contribution in [0.15, 0.2) is 18.3 Å². The Morgan fingerprint density at radius 1 is 1.33 bits per heavy atom. The highest BCUT2D eigenvalue weighted by Crippen LogP contribution is 2.25. The van der Waals surface area contributed by atoms with Gasteiger partial charge in [0.05, 0.1) is 0 Å². The number of anilines is 1. The predicted octanol–water partition coefficient (Wildman–Crippen LogP) is 2.99. The lowest BCUT2D eigenvalue weighted by molar-refractivity contribution is 0.427. The van der Waals surface area contributed by atoms with E-state index in [1.165, 1.54) is 44.4 Å². The lowest BCUT2D eigenvalue weighted by Crippen LogP contribution is -2.33. The normalized spacial score (nSPS) is 17.7. The minimum atomic E-state index is -0.393. The average molecular weight is 208 g/mol. The Hall–Kier alpha value is -1.12. The lowest BCUT2D eigenvalue weighted by atomic mass is 9.94. The third-order valence-corrected chi connectivity index (χ3v) is 3.24. The van der Waals surface area contributed by atoms with Crippen LogP contribution in [0.3, 0.4) is 0 Å². The third-order valence-electron chi connectivity index (χ3n) is 3.24. The molecule has 2 rings (SSSR count). The van der Waals surface area contributed by atoms with Gasteiger partial charge in [0.15, 0.2) is 0 Å². The Bertz CT molecular complexity index is 321. The Balaban J connectivity index is 2.08. The first-order chi connectivity index (χ1) is 7.27. The predicted molar refractivity (Wildman–Crippen MR) is 59.5 cm³/mol. The van der Waals surface area contributed by atoms with Crippen LogP contribution in [0.4, 0.5) is 10.1 Å². The Labute approximate surface area is 90.1 Å². The Morgan fingerprint density at radius 2 is 2.07 bits per heavy atom. The number of pyridine rings is 1. The van der Waals surface area contributed by atoms with E-state index >= 15 is 0 Å². The molecule has 1 saturated carbocycles. The molecule has 0 unspecified atom stereocenters. The number of rotatable bonds is 2. The van der Waals surface area contributed by atoms with Crippen molar-refractivity contribution in [3.63, 3.8) is 0 Å². The van der Waals surface area contributed by atoms with Crippen LogP contribution in [0.25, 0.3) is 0 Å². The van der Waals surface area contributed by atoms with Gasteiger partial charge in [0.25, 0.3) is 0 Å². The summed E-state index contributed by atoms with van der Waals surface area (Å²) >= 11 is 0. The van der Waals surface area contributed by atoms with Gasteiger partial charge in [0.2, 0.25) is 5.95 Å². The van der Waals surface area contributed by atoms with Gasteiger partial charge in [0, 0.05) is 31.0 Å². The molecule has 3 heteroatoms. The molecule has 82 valence electrons. The van der Waals surface area contributed by atoms with Gasteiger partial charge >= 0.3 is 0 Å². The molecule has 2 nitrogen and oxygen atoms in total. The number of nitrogens with zero attached hydrogens (tertiary/aromatic N) is 2. The smallest absolute Gasteiger partial charge is 0.214 e. The standard InChI is InChI=1S/C12H17FN2/c1-15(10-5-3-2-4-6-10)11-7-8-14-12(13)9-11/h7-10H,2-6H2,1H3. The van der Waals surface area contributed by atoms with E-state index < -0.39 is 5.95 Å². The zero-order valence-electron chi connectivity index (χ0n) is 9.12. The van der Waals surface area contributed by atoms with E-state index in [-0.39, 0.29) is 0 Å². The van der Waals surface area contributed by atoms with Crippen LogP contribution < -0.4 is 4.90 Å². The Kier molecular flexibility index (Phi) is 3.19. The topological polar surface area (TPSA) is 16.1 Å². The highest BCUT2D eigenvalue weighted by atomic mass is 19.1. The summed E-state index contributed by atoms with van der Waals surface area (Å²) in [6, 6.07) is 3.95. The highest BCUT2D eigenvalue weighted by molar-refractivity contribution is 5.45. The fraction of sp³-hybridized carbons (Fsp3) is 0.583. The van der Waals surface area contributed by atoms with Crippen molar-refractivity contribution in [3.05, 3.63) is 24.3 Å². The van der Waals surface area contributed by atoms with Crippen LogP contribution in [0.1, 0.15) is 32.1 Å².